The Kier molecular flexibility index (Phi) is 4.67. The second kappa shape index (κ2) is 5.53. The van der Waals surface area contributed by atoms with Crippen LogP contribution in [0.3, 0.4) is 0 Å². The van der Waals surface area contributed by atoms with E-state index in [4.69, 9.17) is 23.2 Å². The van der Waals surface area contributed by atoms with E-state index in [1.807, 2.05) is 0 Å². The van der Waals surface area contributed by atoms with Gasteiger partial charge in [-0.1, -0.05) is 29.3 Å². The predicted octanol–water partition coefficient (Wildman–Crippen LogP) is 2.29. The number of carbonyl (C=O) groups excluding carboxylic acids is 1. The molecule has 0 fully saturated rings. The first-order chi connectivity index (χ1) is 8.55. The van der Waals surface area contributed by atoms with Gasteiger partial charge in [-0.15, -0.1) is 0 Å². The molecular weight excluding hydrogens is 334 g/mol. The molecule has 0 bridgehead atoms. The van der Waals surface area contributed by atoms with Crippen LogP contribution < -0.4 is 4.89 Å². The standard InChI is InChI=1S/C8H4Cl2F3NO4S/c9-4-2-1-3-5(10)6(4)19(16,17)14-18-7(15)8(11,12)13/h1-3,14H. The van der Waals surface area contributed by atoms with Crippen molar-refractivity contribution in [2.24, 2.45) is 0 Å². The third-order valence-electron chi connectivity index (χ3n) is 1.66. The molecule has 0 heterocycles. The zero-order chi connectivity index (χ0) is 14.8. The lowest BCUT2D eigenvalue weighted by atomic mass is 10.4. The second-order valence-corrected chi connectivity index (χ2v) is 5.42. The molecule has 0 aliphatic heterocycles. The molecule has 1 aromatic rings. The van der Waals surface area contributed by atoms with E-state index in [-0.39, 0.29) is 10.0 Å². The van der Waals surface area contributed by atoms with Crippen molar-refractivity contribution in [2.45, 2.75) is 11.1 Å². The van der Waals surface area contributed by atoms with Crippen LogP contribution in [0.1, 0.15) is 0 Å². The summed E-state index contributed by atoms with van der Waals surface area (Å²) in [7, 11) is -4.63. The Morgan fingerprint density at radius 1 is 1.21 bits per heavy atom. The van der Waals surface area contributed by atoms with E-state index in [0.717, 1.165) is 17.0 Å². The summed E-state index contributed by atoms with van der Waals surface area (Å²) in [5, 5.41) is -0.689. The predicted molar refractivity (Wildman–Crippen MR) is 58.9 cm³/mol. The van der Waals surface area contributed by atoms with Crippen LogP contribution in [0, 0.1) is 0 Å². The molecule has 0 saturated heterocycles. The van der Waals surface area contributed by atoms with Crippen LogP contribution >= 0.6 is 23.2 Å². The molecule has 1 N–H and O–H groups in total. The van der Waals surface area contributed by atoms with Crippen LogP contribution in [0.15, 0.2) is 23.1 Å². The maximum Gasteiger partial charge on any atom is 0.492 e. The van der Waals surface area contributed by atoms with Crippen molar-refractivity contribution in [3.05, 3.63) is 28.2 Å². The molecule has 0 spiro atoms. The van der Waals surface area contributed by atoms with Crippen molar-refractivity contribution in [2.75, 3.05) is 0 Å². The molecule has 0 saturated carbocycles. The number of hydrogen-bond acceptors (Lipinski definition) is 4. The van der Waals surface area contributed by atoms with E-state index < -0.39 is 27.1 Å². The number of hydrogen-bond donors (Lipinski definition) is 1. The van der Waals surface area contributed by atoms with Crippen LogP contribution in [-0.4, -0.2) is 20.6 Å². The Hall–Kier alpha value is -1.03. The normalized spacial score (nSPS) is 12.3. The van der Waals surface area contributed by atoms with E-state index in [9.17, 15) is 26.4 Å². The minimum absolute atomic E-state index is 0.344. The fourth-order valence-corrected chi connectivity index (χ4v) is 2.86. The molecule has 0 aliphatic rings. The number of carbonyl (C=O) groups is 1. The Morgan fingerprint density at radius 2 is 1.68 bits per heavy atom. The van der Waals surface area contributed by atoms with Gasteiger partial charge < -0.3 is 4.84 Å². The van der Waals surface area contributed by atoms with Gasteiger partial charge in [0, 0.05) is 0 Å². The highest BCUT2D eigenvalue weighted by Crippen LogP contribution is 2.28. The summed E-state index contributed by atoms with van der Waals surface area (Å²) in [5.74, 6) is -2.72. The Morgan fingerprint density at radius 3 is 2.11 bits per heavy atom. The number of rotatable bonds is 3. The summed E-state index contributed by atoms with van der Waals surface area (Å²) >= 11 is 11.1. The van der Waals surface area contributed by atoms with Crippen molar-refractivity contribution >= 4 is 39.2 Å². The summed E-state index contributed by atoms with van der Waals surface area (Å²) in [4.78, 5) is 14.1. The van der Waals surface area contributed by atoms with E-state index in [0.29, 0.717) is 0 Å². The first-order valence-electron chi connectivity index (χ1n) is 4.29. The Labute approximate surface area is 115 Å². The van der Waals surface area contributed by atoms with Crippen molar-refractivity contribution in [1.82, 2.24) is 4.89 Å². The lowest BCUT2D eigenvalue weighted by Crippen LogP contribution is -2.34. The van der Waals surface area contributed by atoms with Crippen LogP contribution in [0.4, 0.5) is 13.2 Å². The maximum absolute atomic E-state index is 11.8. The summed E-state index contributed by atoms with van der Waals surface area (Å²) in [6, 6.07) is 3.62. The highest BCUT2D eigenvalue weighted by molar-refractivity contribution is 7.89. The molecule has 19 heavy (non-hydrogen) atoms. The molecular formula is C8H4Cl2F3NO4S. The smallest absolute Gasteiger partial charge is 0.348 e. The number of halogens is 5. The van der Waals surface area contributed by atoms with Crippen molar-refractivity contribution in [3.8, 4) is 0 Å². The lowest BCUT2D eigenvalue weighted by molar-refractivity contribution is -0.203. The fourth-order valence-electron chi connectivity index (χ4n) is 0.931. The average molecular weight is 338 g/mol. The average Bonchev–Trinajstić information content (AvgIpc) is 2.24. The number of nitrogens with one attached hydrogen (secondary N) is 1. The molecule has 0 amide bonds. The third-order valence-corrected chi connectivity index (χ3v) is 3.80. The number of sulfonamides is 1. The Balaban J connectivity index is 2.98. The zero-order valence-corrected chi connectivity index (χ0v) is 11.0. The molecule has 106 valence electrons. The van der Waals surface area contributed by atoms with Crippen LogP contribution in [0.2, 0.25) is 10.0 Å². The number of alkyl halides is 3. The quantitative estimate of drug-likeness (QED) is 0.859. The van der Waals surface area contributed by atoms with Crippen LogP contribution in [-0.2, 0) is 19.7 Å². The van der Waals surface area contributed by atoms with Gasteiger partial charge in [-0.3, -0.25) is 0 Å². The van der Waals surface area contributed by atoms with Crippen molar-refractivity contribution in [1.29, 1.82) is 0 Å². The molecule has 0 radical (unpaired) electrons. The van der Waals surface area contributed by atoms with E-state index in [2.05, 4.69) is 4.84 Å². The maximum atomic E-state index is 11.8. The van der Waals surface area contributed by atoms with Crippen LogP contribution in [0.25, 0.3) is 0 Å². The number of benzene rings is 1. The van der Waals surface area contributed by atoms with Gasteiger partial charge in [-0.2, -0.15) is 13.2 Å². The summed E-state index contributed by atoms with van der Waals surface area (Å²) < 4.78 is 58.6. The van der Waals surface area contributed by atoms with Gasteiger partial charge in [-0.25, -0.2) is 13.2 Å². The van der Waals surface area contributed by atoms with Gasteiger partial charge in [-0.05, 0) is 17.0 Å². The van der Waals surface area contributed by atoms with Gasteiger partial charge >= 0.3 is 12.1 Å². The van der Waals surface area contributed by atoms with Crippen molar-refractivity contribution < 1.29 is 31.2 Å². The molecule has 1 rings (SSSR count). The first-order valence-corrected chi connectivity index (χ1v) is 6.53. The van der Waals surface area contributed by atoms with Gasteiger partial charge in [0.1, 0.15) is 4.90 Å². The lowest BCUT2D eigenvalue weighted by Gasteiger charge is -2.10. The van der Waals surface area contributed by atoms with Crippen LogP contribution in [0.5, 0.6) is 0 Å². The van der Waals surface area contributed by atoms with Gasteiger partial charge in [0.2, 0.25) is 0 Å². The van der Waals surface area contributed by atoms with E-state index in [1.54, 1.807) is 0 Å². The SMILES string of the molecule is O=C(ONS(=O)(=O)c1c(Cl)cccc1Cl)C(F)(F)F. The molecule has 11 heteroatoms. The highest BCUT2D eigenvalue weighted by atomic mass is 35.5. The van der Waals surface area contributed by atoms with E-state index >= 15 is 0 Å². The molecule has 0 unspecified atom stereocenters. The first kappa shape index (κ1) is 16.0. The zero-order valence-electron chi connectivity index (χ0n) is 8.66. The third kappa shape index (κ3) is 3.96. The fraction of sp³-hybridized carbons (Fsp3) is 0.125. The topological polar surface area (TPSA) is 72.5 Å². The van der Waals surface area contributed by atoms with Gasteiger partial charge in [0.15, 0.2) is 0 Å². The summed E-state index contributed by atoms with van der Waals surface area (Å²) in [6.45, 7) is 0. The molecule has 5 nitrogen and oxygen atoms in total. The molecule has 0 atom stereocenters. The Bertz CT molecular complexity index is 582. The monoisotopic (exact) mass is 337 g/mol. The summed E-state index contributed by atoms with van der Waals surface area (Å²) in [5.41, 5.74) is 0. The van der Waals surface area contributed by atoms with Crippen molar-refractivity contribution in [3.63, 3.8) is 0 Å². The molecule has 1 aromatic carbocycles. The minimum Gasteiger partial charge on any atom is -0.348 e. The highest BCUT2D eigenvalue weighted by Gasteiger charge is 2.42. The van der Waals surface area contributed by atoms with Gasteiger partial charge in [0.05, 0.1) is 10.0 Å². The molecule has 0 aromatic heterocycles. The molecule has 0 aliphatic carbocycles. The summed E-state index contributed by atoms with van der Waals surface area (Å²) in [6.07, 6.45) is -5.34. The largest absolute Gasteiger partial charge is 0.492 e. The van der Waals surface area contributed by atoms with E-state index in [1.165, 1.54) is 6.07 Å². The van der Waals surface area contributed by atoms with Gasteiger partial charge in [0.25, 0.3) is 10.0 Å². The second-order valence-electron chi connectivity index (χ2n) is 3.02. The minimum atomic E-state index is -5.34.